The van der Waals surface area contributed by atoms with Gasteiger partial charge in [-0.3, -0.25) is 4.98 Å². The highest BCUT2D eigenvalue weighted by molar-refractivity contribution is 5.91. The Bertz CT molecular complexity index is 733. The standard InChI is InChI=1S/C19H25N3O2/c1-19(2,3)24-18(23)22-12-10-14(13-22)21(4)17-9-11-20-16-8-6-5-7-15(16)17/h5-9,11,14H,10,12-13H2,1-4H3/t14-/m0/s1. The summed E-state index contributed by atoms with van der Waals surface area (Å²) in [6.45, 7) is 7.10. The van der Waals surface area contributed by atoms with Gasteiger partial charge in [-0.05, 0) is 39.3 Å². The van der Waals surface area contributed by atoms with Crippen LogP contribution in [0.4, 0.5) is 10.5 Å². The predicted molar refractivity (Wildman–Crippen MR) is 96.4 cm³/mol. The molecule has 0 bridgehead atoms. The number of benzene rings is 1. The molecule has 1 atom stereocenters. The molecule has 1 aromatic carbocycles. The summed E-state index contributed by atoms with van der Waals surface area (Å²) < 4.78 is 5.48. The van der Waals surface area contributed by atoms with Crippen molar-refractivity contribution < 1.29 is 9.53 Å². The lowest BCUT2D eigenvalue weighted by molar-refractivity contribution is 0.0292. The molecule has 0 aliphatic carbocycles. The lowest BCUT2D eigenvalue weighted by Gasteiger charge is -2.28. The first-order valence-electron chi connectivity index (χ1n) is 8.40. The monoisotopic (exact) mass is 327 g/mol. The van der Waals surface area contributed by atoms with Gasteiger partial charge in [0.25, 0.3) is 0 Å². The summed E-state index contributed by atoms with van der Waals surface area (Å²) in [6, 6.07) is 10.5. The van der Waals surface area contributed by atoms with Gasteiger partial charge in [-0.1, -0.05) is 18.2 Å². The van der Waals surface area contributed by atoms with Crippen LogP contribution in [0.3, 0.4) is 0 Å². The number of anilines is 1. The number of carbonyl (C=O) groups is 1. The number of carbonyl (C=O) groups excluding carboxylic acids is 1. The topological polar surface area (TPSA) is 45.7 Å². The molecule has 128 valence electrons. The van der Waals surface area contributed by atoms with Crippen LogP contribution in [0.2, 0.25) is 0 Å². The second-order valence-electron chi connectivity index (χ2n) is 7.33. The Hall–Kier alpha value is -2.30. The SMILES string of the molecule is CN(c1ccnc2ccccc12)[C@H]1CCN(C(=O)OC(C)(C)C)C1. The van der Waals surface area contributed by atoms with Gasteiger partial charge < -0.3 is 14.5 Å². The molecule has 1 aromatic heterocycles. The summed E-state index contributed by atoms with van der Waals surface area (Å²) in [6.07, 6.45) is 2.55. The van der Waals surface area contributed by atoms with Gasteiger partial charge in [-0.25, -0.2) is 4.79 Å². The highest BCUT2D eigenvalue weighted by Crippen LogP contribution is 2.28. The average molecular weight is 327 g/mol. The van der Waals surface area contributed by atoms with Crippen molar-refractivity contribution in [1.29, 1.82) is 0 Å². The maximum Gasteiger partial charge on any atom is 0.410 e. The van der Waals surface area contributed by atoms with Crippen LogP contribution in [0.1, 0.15) is 27.2 Å². The van der Waals surface area contributed by atoms with E-state index < -0.39 is 5.60 Å². The predicted octanol–water partition coefficient (Wildman–Crippen LogP) is 3.68. The Balaban J connectivity index is 1.74. The second-order valence-corrected chi connectivity index (χ2v) is 7.33. The molecule has 0 N–H and O–H groups in total. The van der Waals surface area contributed by atoms with E-state index in [2.05, 4.69) is 23.0 Å². The van der Waals surface area contributed by atoms with Crippen molar-refractivity contribution in [2.75, 3.05) is 25.0 Å². The van der Waals surface area contributed by atoms with Crippen LogP contribution in [0.5, 0.6) is 0 Å². The Kier molecular flexibility index (Phi) is 4.35. The number of ether oxygens (including phenoxy) is 1. The number of aromatic nitrogens is 1. The van der Waals surface area contributed by atoms with Crippen molar-refractivity contribution in [1.82, 2.24) is 9.88 Å². The first kappa shape index (κ1) is 16.6. The number of rotatable bonds is 2. The summed E-state index contributed by atoms with van der Waals surface area (Å²) in [5.74, 6) is 0. The second kappa shape index (κ2) is 6.30. The van der Waals surface area contributed by atoms with Gasteiger partial charge in [0, 0.05) is 43.4 Å². The number of likely N-dealkylation sites (N-methyl/N-ethyl adjacent to an activating group) is 1. The molecule has 1 aliphatic heterocycles. The van der Waals surface area contributed by atoms with Crippen molar-refractivity contribution in [2.45, 2.75) is 38.8 Å². The first-order valence-corrected chi connectivity index (χ1v) is 8.40. The number of likely N-dealkylation sites (tertiary alicyclic amines) is 1. The van der Waals surface area contributed by atoms with Gasteiger partial charge in [0.2, 0.25) is 0 Å². The quantitative estimate of drug-likeness (QED) is 0.844. The van der Waals surface area contributed by atoms with E-state index in [0.717, 1.165) is 29.6 Å². The largest absolute Gasteiger partial charge is 0.444 e. The molecule has 0 saturated carbocycles. The van der Waals surface area contributed by atoms with Crippen molar-refractivity contribution in [3.05, 3.63) is 36.5 Å². The fourth-order valence-electron chi connectivity index (χ4n) is 3.14. The summed E-state index contributed by atoms with van der Waals surface area (Å²) in [7, 11) is 2.09. The Morgan fingerprint density at radius 3 is 2.79 bits per heavy atom. The molecular weight excluding hydrogens is 302 g/mol. The minimum atomic E-state index is -0.456. The molecule has 1 aliphatic rings. The minimum absolute atomic E-state index is 0.224. The highest BCUT2D eigenvalue weighted by Gasteiger charge is 2.32. The van der Waals surface area contributed by atoms with Gasteiger partial charge in [0.05, 0.1) is 5.52 Å². The van der Waals surface area contributed by atoms with Crippen LogP contribution in [-0.2, 0) is 4.74 Å². The molecule has 5 nitrogen and oxygen atoms in total. The molecule has 24 heavy (non-hydrogen) atoms. The summed E-state index contributed by atoms with van der Waals surface area (Å²) in [4.78, 5) is 20.7. The van der Waals surface area contributed by atoms with Crippen molar-refractivity contribution in [3.63, 3.8) is 0 Å². The van der Waals surface area contributed by atoms with E-state index in [1.807, 2.05) is 51.2 Å². The Labute approximate surface area is 143 Å². The maximum atomic E-state index is 12.3. The number of para-hydroxylation sites is 1. The summed E-state index contributed by atoms with van der Waals surface area (Å²) >= 11 is 0. The summed E-state index contributed by atoms with van der Waals surface area (Å²) in [5.41, 5.74) is 1.68. The van der Waals surface area contributed by atoms with E-state index in [4.69, 9.17) is 4.74 Å². The van der Waals surface area contributed by atoms with E-state index in [1.54, 1.807) is 4.90 Å². The fraction of sp³-hybridized carbons (Fsp3) is 0.474. The van der Waals surface area contributed by atoms with Crippen LogP contribution in [0, 0.1) is 0 Å². The Morgan fingerprint density at radius 1 is 1.29 bits per heavy atom. The van der Waals surface area contributed by atoms with E-state index in [-0.39, 0.29) is 12.1 Å². The normalized spacial score (nSPS) is 18.0. The number of hydrogen-bond acceptors (Lipinski definition) is 4. The molecule has 3 rings (SSSR count). The van der Waals surface area contributed by atoms with Gasteiger partial charge in [-0.15, -0.1) is 0 Å². The number of pyridine rings is 1. The van der Waals surface area contributed by atoms with Crippen LogP contribution in [0.25, 0.3) is 10.9 Å². The molecule has 0 unspecified atom stereocenters. The van der Waals surface area contributed by atoms with E-state index in [9.17, 15) is 4.79 Å². The lowest BCUT2D eigenvalue weighted by Crippen LogP contribution is -2.39. The summed E-state index contributed by atoms with van der Waals surface area (Å²) in [5, 5.41) is 1.14. The lowest BCUT2D eigenvalue weighted by atomic mass is 10.1. The van der Waals surface area contributed by atoms with Crippen LogP contribution < -0.4 is 4.90 Å². The van der Waals surface area contributed by atoms with Gasteiger partial charge in [-0.2, -0.15) is 0 Å². The number of fused-ring (bicyclic) bond motifs is 1. The molecule has 0 radical (unpaired) electrons. The minimum Gasteiger partial charge on any atom is -0.444 e. The van der Waals surface area contributed by atoms with Crippen LogP contribution in [-0.4, -0.2) is 47.8 Å². The van der Waals surface area contributed by atoms with Crippen molar-refractivity contribution in [3.8, 4) is 0 Å². The zero-order chi connectivity index (χ0) is 17.3. The smallest absolute Gasteiger partial charge is 0.410 e. The molecule has 1 fully saturated rings. The maximum absolute atomic E-state index is 12.3. The van der Waals surface area contributed by atoms with Gasteiger partial charge >= 0.3 is 6.09 Å². The zero-order valence-corrected chi connectivity index (χ0v) is 14.8. The molecule has 1 amide bonds. The average Bonchev–Trinajstić information content (AvgIpc) is 3.02. The van der Waals surface area contributed by atoms with E-state index >= 15 is 0 Å². The molecule has 2 aromatic rings. The zero-order valence-electron chi connectivity index (χ0n) is 14.8. The van der Waals surface area contributed by atoms with Crippen LogP contribution in [0.15, 0.2) is 36.5 Å². The van der Waals surface area contributed by atoms with Crippen molar-refractivity contribution >= 4 is 22.7 Å². The number of hydrogen-bond donors (Lipinski definition) is 0. The van der Waals surface area contributed by atoms with E-state index in [1.165, 1.54) is 0 Å². The van der Waals surface area contributed by atoms with Crippen LogP contribution >= 0.6 is 0 Å². The molecule has 5 heteroatoms. The number of nitrogens with zero attached hydrogens (tertiary/aromatic N) is 3. The fourth-order valence-corrected chi connectivity index (χ4v) is 3.14. The van der Waals surface area contributed by atoms with Gasteiger partial charge in [0.15, 0.2) is 0 Å². The first-order chi connectivity index (χ1) is 11.3. The molecule has 2 heterocycles. The third kappa shape index (κ3) is 3.45. The molecule has 1 saturated heterocycles. The third-order valence-electron chi connectivity index (χ3n) is 4.37. The van der Waals surface area contributed by atoms with Crippen molar-refractivity contribution in [2.24, 2.45) is 0 Å². The highest BCUT2D eigenvalue weighted by atomic mass is 16.6. The van der Waals surface area contributed by atoms with E-state index in [0.29, 0.717) is 6.54 Å². The molecular formula is C19H25N3O2. The number of amides is 1. The van der Waals surface area contributed by atoms with Gasteiger partial charge in [0.1, 0.15) is 5.60 Å². The third-order valence-corrected chi connectivity index (χ3v) is 4.37. The Morgan fingerprint density at radius 2 is 2.04 bits per heavy atom. The molecule has 0 spiro atoms.